The van der Waals surface area contributed by atoms with Gasteiger partial charge in [0, 0.05) is 12.8 Å². The number of nitrogens with one attached hydrogen (secondary N) is 1. The maximum atomic E-state index is 13.5. The molecular formula is C61H121N2O7P. The van der Waals surface area contributed by atoms with Crippen LogP contribution in [0.3, 0.4) is 0 Å². The SMILES string of the molecule is CCCCCCCCCCC/C=C/C(OC(=O)CCCCCCCCCCCCCCCCCCC)C(COP(=O)([O-])OCC[N+](C)(C)C)NC(=O)CCCCCCCCCCCCCCCCCCC. The van der Waals surface area contributed by atoms with E-state index in [1.54, 1.807) is 0 Å². The van der Waals surface area contributed by atoms with Crippen molar-refractivity contribution in [2.75, 3.05) is 40.9 Å². The molecule has 0 spiro atoms. The van der Waals surface area contributed by atoms with Crippen LogP contribution in [-0.2, 0) is 27.9 Å². The minimum absolute atomic E-state index is 0.0168. The molecule has 422 valence electrons. The Morgan fingerprint density at radius 2 is 0.803 bits per heavy atom. The fourth-order valence-electron chi connectivity index (χ4n) is 9.41. The van der Waals surface area contributed by atoms with Crippen LogP contribution >= 0.6 is 7.82 Å². The minimum Gasteiger partial charge on any atom is -0.756 e. The molecule has 0 saturated carbocycles. The number of rotatable bonds is 57. The molecule has 3 unspecified atom stereocenters. The van der Waals surface area contributed by atoms with E-state index in [4.69, 9.17) is 13.8 Å². The summed E-state index contributed by atoms with van der Waals surface area (Å²) in [5.74, 6) is -0.520. The predicted molar refractivity (Wildman–Crippen MR) is 303 cm³/mol. The Balaban J connectivity index is 5.19. The number of hydrogen-bond acceptors (Lipinski definition) is 7. The van der Waals surface area contributed by atoms with E-state index in [1.807, 2.05) is 33.3 Å². The number of carbonyl (C=O) groups is 2. The van der Waals surface area contributed by atoms with Gasteiger partial charge >= 0.3 is 5.97 Å². The first kappa shape index (κ1) is 69.8. The number of ether oxygens (including phenoxy) is 1. The molecule has 0 aliphatic carbocycles. The van der Waals surface area contributed by atoms with Gasteiger partial charge in [0.15, 0.2) is 0 Å². The highest BCUT2D eigenvalue weighted by Gasteiger charge is 2.27. The number of phosphoric acid groups is 1. The molecule has 0 fully saturated rings. The van der Waals surface area contributed by atoms with Gasteiger partial charge in [0.25, 0.3) is 7.82 Å². The normalized spacial score (nSPS) is 13.7. The third-order valence-electron chi connectivity index (χ3n) is 14.2. The van der Waals surface area contributed by atoms with Crippen LogP contribution in [0.2, 0.25) is 0 Å². The van der Waals surface area contributed by atoms with E-state index in [1.165, 1.54) is 225 Å². The van der Waals surface area contributed by atoms with Crippen molar-refractivity contribution in [3.05, 3.63) is 12.2 Å². The standard InChI is InChI=1S/C61H121N2O7P/c1-7-10-13-16-19-22-25-27-29-31-33-35-38-41-44-47-50-53-60(64)62-58(57-69-71(66,67)68-56-55-63(4,5)6)59(52-49-46-43-40-37-24-21-18-15-12-9-3)70-61(65)54-51-48-45-42-39-36-34-32-30-28-26-23-20-17-14-11-8-2/h49,52,58-59H,7-48,50-51,53-57H2,1-6H3,(H-,62,64,66,67)/b52-49+. The minimum atomic E-state index is -4.69. The molecule has 0 heterocycles. The second kappa shape index (κ2) is 52.2. The van der Waals surface area contributed by atoms with Crippen LogP contribution in [0.1, 0.15) is 316 Å². The lowest BCUT2D eigenvalue weighted by Crippen LogP contribution is -2.47. The molecule has 0 saturated heterocycles. The molecule has 3 atom stereocenters. The first-order valence-electron chi connectivity index (χ1n) is 31.0. The lowest BCUT2D eigenvalue weighted by Gasteiger charge is -2.30. The molecule has 0 aromatic carbocycles. The van der Waals surface area contributed by atoms with E-state index in [0.29, 0.717) is 17.4 Å². The summed E-state index contributed by atoms with van der Waals surface area (Å²) in [6.45, 7) is 6.89. The molecule has 0 aliphatic rings. The third-order valence-corrected chi connectivity index (χ3v) is 15.2. The second-order valence-electron chi connectivity index (χ2n) is 22.6. The summed E-state index contributed by atoms with van der Waals surface area (Å²) in [4.78, 5) is 39.9. The van der Waals surface area contributed by atoms with Gasteiger partial charge in [-0.1, -0.05) is 284 Å². The Labute approximate surface area is 441 Å². The average Bonchev–Trinajstić information content (AvgIpc) is 3.33. The van der Waals surface area contributed by atoms with Gasteiger partial charge in [-0.2, -0.15) is 0 Å². The third kappa shape index (κ3) is 53.4. The van der Waals surface area contributed by atoms with E-state index in [-0.39, 0.29) is 31.5 Å². The quantitative estimate of drug-likeness (QED) is 0.0212. The molecular weight excluding hydrogens is 904 g/mol. The molecule has 9 nitrogen and oxygen atoms in total. The van der Waals surface area contributed by atoms with E-state index < -0.39 is 20.0 Å². The number of nitrogens with zero attached hydrogens (tertiary/aromatic N) is 1. The van der Waals surface area contributed by atoms with Crippen molar-refractivity contribution < 1.29 is 37.3 Å². The molecule has 71 heavy (non-hydrogen) atoms. The molecule has 1 N–H and O–H groups in total. The highest BCUT2D eigenvalue weighted by Crippen LogP contribution is 2.38. The fourth-order valence-corrected chi connectivity index (χ4v) is 10.1. The number of carbonyl (C=O) groups excluding carboxylic acids is 2. The predicted octanol–water partition coefficient (Wildman–Crippen LogP) is 18.2. The zero-order valence-electron chi connectivity index (χ0n) is 48.2. The fraction of sp³-hybridized carbons (Fsp3) is 0.934. The monoisotopic (exact) mass is 1020 g/mol. The lowest BCUT2D eigenvalue weighted by molar-refractivity contribution is -0.870. The van der Waals surface area contributed by atoms with Crippen molar-refractivity contribution in [3.8, 4) is 0 Å². The van der Waals surface area contributed by atoms with E-state index >= 15 is 0 Å². The Morgan fingerprint density at radius 1 is 0.479 bits per heavy atom. The van der Waals surface area contributed by atoms with Gasteiger partial charge in [0.1, 0.15) is 19.3 Å². The second-order valence-corrected chi connectivity index (χ2v) is 24.0. The van der Waals surface area contributed by atoms with Crippen molar-refractivity contribution in [1.82, 2.24) is 5.32 Å². The Morgan fingerprint density at radius 3 is 1.15 bits per heavy atom. The number of amides is 1. The van der Waals surface area contributed by atoms with Gasteiger partial charge in [-0.25, -0.2) is 0 Å². The van der Waals surface area contributed by atoms with Crippen molar-refractivity contribution in [2.24, 2.45) is 0 Å². The molecule has 0 aromatic heterocycles. The van der Waals surface area contributed by atoms with Crippen molar-refractivity contribution in [2.45, 2.75) is 328 Å². The van der Waals surface area contributed by atoms with Crippen LogP contribution in [0.4, 0.5) is 0 Å². The highest BCUT2D eigenvalue weighted by molar-refractivity contribution is 7.45. The molecule has 0 aliphatic heterocycles. The summed E-state index contributed by atoms with van der Waals surface area (Å²) < 4.78 is 30.3. The Kier molecular flexibility index (Phi) is 51.3. The first-order chi connectivity index (χ1) is 34.4. The summed E-state index contributed by atoms with van der Waals surface area (Å²) in [6, 6.07) is -0.878. The number of quaternary nitrogens is 1. The van der Waals surface area contributed by atoms with E-state index in [9.17, 15) is 19.0 Å². The molecule has 0 rings (SSSR count). The van der Waals surface area contributed by atoms with Crippen molar-refractivity contribution in [3.63, 3.8) is 0 Å². The molecule has 0 bridgehead atoms. The number of unbranched alkanes of at least 4 members (excludes halogenated alkanes) is 41. The topological polar surface area (TPSA) is 114 Å². The smallest absolute Gasteiger partial charge is 0.306 e. The largest absolute Gasteiger partial charge is 0.756 e. The van der Waals surface area contributed by atoms with E-state index in [0.717, 1.165) is 57.8 Å². The maximum Gasteiger partial charge on any atom is 0.306 e. The van der Waals surface area contributed by atoms with Crippen LogP contribution in [0.15, 0.2) is 12.2 Å². The van der Waals surface area contributed by atoms with E-state index in [2.05, 4.69) is 26.1 Å². The van der Waals surface area contributed by atoms with Gasteiger partial charge in [0.05, 0.1) is 33.8 Å². The van der Waals surface area contributed by atoms with Gasteiger partial charge in [-0.15, -0.1) is 0 Å². The van der Waals surface area contributed by atoms with Gasteiger partial charge < -0.3 is 28.5 Å². The summed E-state index contributed by atoms with van der Waals surface area (Å²) in [5, 5.41) is 3.03. The van der Waals surface area contributed by atoms with Crippen LogP contribution in [0.5, 0.6) is 0 Å². The maximum absolute atomic E-state index is 13.5. The zero-order valence-corrected chi connectivity index (χ0v) is 49.1. The number of hydrogen-bond donors (Lipinski definition) is 1. The molecule has 1 amide bonds. The highest BCUT2D eigenvalue weighted by atomic mass is 31.2. The molecule has 0 aromatic rings. The number of phosphoric ester groups is 1. The Hall–Kier alpha value is -1.25. The lowest BCUT2D eigenvalue weighted by atomic mass is 10.0. The molecule has 10 heteroatoms. The van der Waals surface area contributed by atoms with Crippen LogP contribution in [0.25, 0.3) is 0 Å². The summed E-state index contributed by atoms with van der Waals surface area (Å²) >= 11 is 0. The summed E-state index contributed by atoms with van der Waals surface area (Å²) in [7, 11) is 1.21. The zero-order chi connectivity index (χ0) is 52.2. The first-order valence-corrected chi connectivity index (χ1v) is 32.5. The number of likely N-dealkylation sites (N-methyl/N-ethyl adjacent to an activating group) is 1. The number of allylic oxidation sites excluding steroid dienone is 1. The van der Waals surface area contributed by atoms with Gasteiger partial charge in [-0.3, -0.25) is 14.2 Å². The van der Waals surface area contributed by atoms with Crippen LogP contribution < -0.4 is 10.2 Å². The number of esters is 1. The van der Waals surface area contributed by atoms with Crippen LogP contribution in [-0.4, -0.2) is 69.4 Å². The van der Waals surface area contributed by atoms with Crippen molar-refractivity contribution in [1.29, 1.82) is 0 Å². The summed E-state index contributed by atoms with van der Waals surface area (Å²) in [5.41, 5.74) is 0. The summed E-state index contributed by atoms with van der Waals surface area (Å²) in [6.07, 6.45) is 58.9. The van der Waals surface area contributed by atoms with Gasteiger partial charge in [0.2, 0.25) is 5.91 Å². The van der Waals surface area contributed by atoms with Crippen LogP contribution in [0, 0.1) is 0 Å². The molecule has 0 radical (unpaired) electrons. The van der Waals surface area contributed by atoms with Crippen molar-refractivity contribution >= 4 is 19.7 Å². The van der Waals surface area contributed by atoms with Gasteiger partial charge in [-0.05, 0) is 31.8 Å². The Bertz CT molecular complexity index is 1230. The average molecular weight is 1030 g/mol.